The normalized spacial score (nSPS) is 16.9. The number of benzene rings is 1. The van der Waals surface area contributed by atoms with Crippen molar-refractivity contribution in [2.45, 2.75) is 19.3 Å². The topological polar surface area (TPSA) is 47.1 Å². The van der Waals surface area contributed by atoms with Crippen LogP contribution in [-0.4, -0.2) is 22.7 Å². The van der Waals surface area contributed by atoms with Crippen molar-refractivity contribution < 1.29 is 0 Å². The van der Waals surface area contributed by atoms with Gasteiger partial charge in [0.15, 0.2) is 0 Å². The van der Waals surface area contributed by atoms with E-state index in [1.807, 2.05) is 18.2 Å². The second-order valence-corrected chi connectivity index (χ2v) is 4.28. The van der Waals surface area contributed by atoms with Gasteiger partial charge in [0.2, 0.25) is 5.95 Å². The van der Waals surface area contributed by atoms with Crippen molar-refractivity contribution in [3.05, 3.63) is 24.3 Å². The predicted octanol–water partition coefficient (Wildman–Crippen LogP) is 1.74. The summed E-state index contributed by atoms with van der Waals surface area (Å²) in [5.74, 6) is 0.600. The van der Waals surface area contributed by atoms with Gasteiger partial charge in [-0.2, -0.15) is 0 Å². The van der Waals surface area contributed by atoms with E-state index >= 15 is 0 Å². The lowest BCUT2D eigenvalue weighted by Gasteiger charge is -2.30. The Kier molecular flexibility index (Phi) is 2.20. The van der Waals surface area contributed by atoms with Crippen molar-refractivity contribution in [1.82, 2.24) is 9.66 Å². The lowest BCUT2D eigenvalue weighted by atomic mass is 10.2. The molecule has 2 heterocycles. The molecule has 4 heteroatoms. The highest BCUT2D eigenvalue weighted by Crippen LogP contribution is 2.20. The van der Waals surface area contributed by atoms with Gasteiger partial charge < -0.3 is 10.7 Å². The molecule has 1 aliphatic rings. The molecule has 1 fully saturated rings. The summed E-state index contributed by atoms with van der Waals surface area (Å²) in [5, 5.41) is 2.30. The number of hydrogen-bond acceptors (Lipinski definition) is 3. The molecule has 0 radical (unpaired) electrons. The molecule has 0 spiro atoms. The number of piperidine rings is 1. The molecule has 0 saturated carbocycles. The molecular weight excluding hydrogens is 200 g/mol. The Labute approximate surface area is 94.6 Å². The number of para-hydroxylation sites is 2. The summed E-state index contributed by atoms with van der Waals surface area (Å²) in [6.07, 6.45) is 3.81. The highest BCUT2D eigenvalue weighted by Gasteiger charge is 2.16. The lowest BCUT2D eigenvalue weighted by molar-refractivity contribution is 0.489. The zero-order valence-electron chi connectivity index (χ0n) is 9.26. The van der Waals surface area contributed by atoms with Crippen LogP contribution in [0.4, 0.5) is 5.95 Å². The van der Waals surface area contributed by atoms with Crippen LogP contribution < -0.4 is 10.7 Å². The molecule has 0 atom stereocenters. The number of rotatable bonds is 1. The molecule has 0 bridgehead atoms. The average molecular weight is 216 g/mol. The van der Waals surface area contributed by atoms with Crippen LogP contribution >= 0.6 is 0 Å². The van der Waals surface area contributed by atoms with E-state index in [-0.39, 0.29) is 0 Å². The highest BCUT2D eigenvalue weighted by atomic mass is 15.6. The third-order valence-corrected chi connectivity index (χ3v) is 3.18. The second kappa shape index (κ2) is 3.70. The standard InChI is InChI=1S/C12H16N4/c13-12-14-10-6-2-3-7-11(10)16(12)15-8-4-1-5-9-15/h2-3,6-7H,1,4-5,8-9H2,(H2,13,14). The fourth-order valence-corrected chi connectivity index (χ4v) is 2.41. The molecule has 1 aromatic carbocycles. The molecule has 0 aliphatic carbocycles. The van der Waals surface area contributed by atoms with E-state index in [9.17, 15) is 0 Å². The maximum Gasteiger partial charge on any atom is 0.220 e. The first kappa shape index (κ1) is 9.51. The van der Waals surface area contributed by atoms with E-state index in [1.165, 1.54) is 19.3 Å². The fourth-order valence-electron chi connectivity index (χ4n) is 2.41. The van der Waals surface area contributed by atoms with Gasteiger partial charge in [0.05, 0.1) is 11.0 Å². The predicted molar refractivity (Wildman–Crippen MR) is 65.9 cm³/mol. The van der Waals surface area contributed by atoms with Gasteiger partial charge in [0.1, 0.15) is 0 Å². The third kappa shape index (κ3) is 1.41. The van der Waals surface area contributed by atoms with Crippen LogP contribution in [0.5, 0.6) is 0 Å². The summed E-state index contributed by atoms with van der Waals surface area (Å²) in [6, 6.07) is 8.11. The zero-order valence-corrected chi connectivity index (χ0v) is 9.26. The molecule has 4 nitrogen and oxygen atoms in total. The molecule has 1 aliphatic heterocycles. The Balaban J connectivity index is 2.10. The molecular formula is C12H16N4. The van der Waals surface area contributed by atoms with Crippen LogP contribution in [-0.2, 0) is 0 Å². The lowest BCUT2D eigenvalue weighted by Crippen LogP contribution is -2.39. The molecule has 3 rings (SSSR count). The van der Waals surface area contributed by atoms with E-state index in [0.717, 1.165) is 24.1 Å². The Hall–Kier alpha value is -1.71. The zero-order chi connectivity index (χ0) is 11.0. The minimum atomic E-state index is 0.600. The smallest absolute Gasteiger partial charge is 0.220 e. The molecule has 2 N–H and O–H groups in total. The van der Waals surface area contributed by atoms with Crippen molar-refractivity contribution in [2.24, 2.45) is 0 Å². The Bertz CT molecular complexity index is 497. The summed E-state index contributed by atoms with van der Waals surface area (Å²) < 4.78 is 2.06. The number of fused-ring (bicyclic) bond motifs is 1. The van der Waals surface area contributed by atoms with Gasteiger partial charge in [-0.15, -0.1) is 0 Å². The average Bonchev–Trinajstić information content (AvgIpc) is 2.66. The number of nitrogens with two attached hydrogens (primary N) is 1. The number of anilines is 1. The summed E-state index contributed by atoms with van der Waals surface area (Å²) >= 11 is 0. The van der Waals surface area contributed by atoms with Crippen molar-refractivity contribution >= 4 is 17.0 Å². The van der Waals surface area contributed by atoms with Crippen molar-refractivity contribution in [1.29, 1.82) is 0 Å². The van der Waals surface area contributed by atoms with Gasteiger partial charge >= 0.3 is 0 Å². The largest absolute Gasteiger partial charge is 0.368 e. The van der Waals surface area contributed by atoms with Gasteiger partial charge in [-0.1, -0.05) is 12.1 Å². The van der Waals surface area contributed by atoms with E-state index < -0.39 is 0 Å². The first-order valence-electron chi connectivity index (χ1n) is 5.84. The number of imidazole rings is 1. The molecule has 1 aromatic heterocycles. The van der Waals surface area contributed by atoms with Crippen LogP contribution in [0, 0.1) is 0 Å². The number of aromatic nitrogens is 2. The first-order valence-corrected chi connectivity index (χ1v) is 5.84. The van der Waals surface area contributed by atoms with E-state index in [4.69, 9.17) is 5.73 Å². The van der Waals surface area contributed by atoms with E-state index in [0.29, 0.717) is 5.95 Å². The monoisotopic (exact) mass is 216 g/mol. The van der Waals surface area contributed by atoms with Crippen LogP contribution in [0.3, 0.4) is 0 Å². The van der Waals surface area contributed by atoms with E-state index in [2.05, 4.69) is 20.7 Å². The maximum absolute atomic E-state index is 5.99. The van der Waals surface area contributed by atoms with Gasteiger partial charge in [-0.05, 0) is 31.4 Å². The van der Waals surface area contributed by atoms with Crippen molar-refractivity contribution in [3.8, 4) is 0 Å². The third-order valence-electron chi connectivity index (χ3n) is 3.18. The number of hydrogen-bond donors (Lipinski definition) is 1. The quantitative estimate of drug-likeness (QED) is 0.789. The van der Waals surface area contributed by atoms with Gasteiger partial charge in [0.25, 0.3) is 0 Å². The maximum atomic E-state index is 5.99. The fraction of sp³-hybridized carbons (Fsp3) is 0.417. The molecule has 0 amide bonds. The van der Waals surface area contributed by atoms with Gasteiger partial charge in [-0.25, -0.2) is 9.66 Å². The van der Waals surface area contributed by atoms with Gasteiger partial charge in [0, 0.05) is 13.1 Å². The summed E-state index contributed by atoms with van der Waals surface area (Å²) in [6.45, 7) is 2.15. The highest BCUT2D eigenvalue weighted by molar-refractivity contribution is 5.78. The Morgan fingerprint density at radius 3 is 2.62 bits per heavy atom. The molecule has 1 saturated heterocycles. The van der Waals surface area contributed by atoms with E-state index in [1.54, 1.807) is 0 Å². The summed E-state index contributed by atoms with van der Waals surface area (Å²) in [4.78, 5) is 4.39. The van der Waals surface area contributed by atoms with Crippen LogP contribution in [0.25, 0.3) is 11.0 Å². The SMILES string of the molecule is Nc1nc2ccccc2n1N1CCCCC1. The Morgan fingerprint density at radius 1 is 1.06 bits per heavy atom. The minimum Gasteiger partial charge on any atom is -0.368 e. The second-order valence-electron chi connectivity index (χ2n) is 4.28. The summed E-state index contributed by atoms with van der Waals surface area (Å²) in [7, 11) is 0. The minimum absolute atomic E-state index is 0.600. The van der Waals surface area contributed by atoms with Crippen molar-refractivity contribution in [3.63, 3.8) is 0 Å². The number of nitrogen functional groups attached to an aromatic ring is 1. The molecule has 84 valence electrons. The van der Waals surface area contributed by atoms with Gasteiger partial charge in [-0.3, -0.25) is 0 Å². The van der Waals surface area contributed by atoms with Crippen LogP contribution in [0.1, 0.15) is 19.3 Å². The summed E-state index contributed by atoms with van der Waals surface area (Å²) in [5.41, 5.74) is 8.08. The van der Waals surface area contributed by atoms with Crippen LogP contribution in [0.15, 0.2) is 24.3 Å². The molecule has 16 heavy (non-hydrogen) atoms. The van der Waals surface area contributed by atoms with Crippen molar-refractivity contribution in [2.75, 3.05) is 23.8 Å². The molecule has 0 unspecified atom stereocenters. The number of nitrogens with zero attached hydrogens (tertiary/aromatic N) is 3. The first-order chi connectivity index (χ1) is 7.86. The molecule has 2 aromatic rings. The Morgan fingerprint density at radius 2 is 1.81 bits per heavy atom. The van der Waals surface area contributed by atoms with Crippen LogP contribution in [0.2, 0.25) is 0 Å².